The van der Waals surface area contributed by atoms with Crippen LogP contribution in [-0.2, 0) is 42.2 Å². The van der Waals surface area contributed by atoms with E-state index in [1.807, 2.05) is 52.5 Å². The van der Waals surface area contributed by atoms with Gasteiger partial charge >= 0.3 is 6.18 Å². The van der Waals surface area contributed by atoms with Crippen LogP contribution in [0.4, 0.5) is 44.9 Å². The monoisotopic (exact) mass is 1150 g/mol. The van der Waals surface area contributed by atoms with Crippen LogP contribution in [0.25, 0.3) is 10.9 Å². The zero-order valence-electron chi connectivity index (χ0n) is 41.2. The van der Waals surface area contributed by atoms with Gasteiger partial charge in [-0.3, -0.25) is 19.0 Å². The number of nitrogens with zero attached hydrogens (tertiary/aromatic N) is 9. The maximum Gasteiger partial charge on any atom is 0.434 e. The van der Waals surface area contributed by atoms with Crippen molar-refractivity contribution in [2.75, 3.05) is 83.0 Å². The first kappa shape index (κ1) is 54.3. The van der Waals surface area contributed by atoms with Gasteiger partial charge in [0, 0.05) is 114 Å². The molecular weight excluding hydrogens is 1090 g/mol. The molecular formula is C50H58ClF4N11O6S4. The average molecular weight is 1150 g/mol. The van der Waals surface area contributed by atoms with Crippen LogP contribution in [0.15, 0.2) is 112 Å². The molecule has 2 fully saturated rings. The van der Waals surface area contributed by atoms with E-state index in [-0.39, 0.29) is 48.0 Å². The lowest BCUT2D eigenvalue weighted by molar-refractivity contribution is -0.140. The SMILES string of the molecule is C[C@H](C(=O)N1CCN(c2ccc(S(=O)(=O)Nc3nc(C(F)(F)F)cs3)cc2)CC1)N1CCCc2cc(Cl)ccc21.Cc1nsc(NS(=O)(=O)c2ccc(N3CCN(C(=O)[C@H](C)n4ccc5c(F)cccc54)CC3)cc2)n1.[HH].[HH].[HH]. The van der Waals surface area contributed by atoms with Gasteiger partial charge in [-0.2, -0.15) is 17.5 Å². The topological polar surface area (TPSA) is 186 Å². The van der Waals surface area contributed by atoms with Crippen molar-refractivity contribution in [1.82, 2.24) is 28.7 Å². The van der Waals surface area contributed by atoms with Gasteiger partial charge in [0.25, 0.3) is 20.0 Å². The second-order valence-electron chi connectivity index (χ2n) is 18.3. The van der Waals surface area contributed by atoms with Crippen LogP contribution in [0.1, 0.15) is 47.7 Å². The first-order valence-electron chi connectivity index (χ1n) is 24.1. The second kappa shape index (κ2) is 22.2. The minimum Gasteiger partial charge on any atom is -0.368 e. The molecule has 10 rings (SSSR count). The van der Waals surface area contributed by atoms with E-state index in [9.17, 15) is 44.0 Å². The van der Waals surface area contributed by atoms with E-state index in [0.717, 1.165) is 58.9 Å². The Bertz CT molecular complexity index is 3470. The van der Waals surface area contributed by atoms with Gasteiger partial charge in [-0.25, -0.2) is 31.2 Å². The summed E-state index contributed by atoms with van der Waals surface area (Å²) in [5.41, 5.74) is 3.42. The smallest absolute Gasteiger partial charge is 0.368 e. The highest BCUT2D eigenvalue weighted by molar-refractivity contribution is 7.93. The van der Waals surface area contributed by atoms with E-state index in [1.165, 1.54) is 18.2 Å². The molecule has 76 heavy (non-hydrogen) atoms. The third-order valence-electron chi connectivity index (χ3n) is 13.5. The molecule has 2 atom stereocenters. The van der Waals surface area contributed by atoms with Crippen LogP contribution in [0.2, 0.25) is 5.02 Å². The van der Waals surface area contributed by atoms with Crippen molar-refractivity contribution in [2.45, 2.75) is 61.7 Å². The van der Waals surface area contributed by atoms with Gasteiger partial charge in [0.1, 0.15) is 23.7 Å². The number of hydrogen-bond donors (Lipinski definition) is 2. The van der Waals surface area contributed by atoms with Crippen LogP contribution < -0.4 is 24.1 Å². The van der Waals surface area contributed by atoms with Crippen LogP contribution in [0.5, 0.6) is 0 Å². The fourth-order valence-electron chi connectivity index (χ4n) is 9.45. The Kier molecular flexibility index (Phi) is 15.8. The molecule has 0 unspecified atom stereocenters. The number of nitrogens with one attached hydrogen (secondary N) is 2. The highest BCUT2D eigenvalue weighted by Gasteiger charge is 2.35. The standard InChI is InChI=1S/C26H27ClF3N5O3S2.C24H25FN6O3S2.3H2/c1-17(35-10-2-3-18-15-19(27)4-9-22(18)35)24(36)34-13-11-33(12-14-34)20-5-7-21(8-6-20)40(37,38)32-25-31-23(16-39-25)26(28,29)30;1-16(31-11-10-20-21(25)4-3-5-22(20)31)23(32)30-14-12-29(13-15-30)18-6-8-19(9-7-18)36(33,34)28-24-26-17(2)27-35-24;;;/h4-9,15-17H,2-3,10-14H2,1H3,(H,31,32);3-11,16H,12-15H2,1-2H3,(H,26,27,28);3*1H/t17-;16-;;;/m10.../s1. The molecule has 3 aliphatic heterocycles. The van der Waals surface area contributed by atoms with Crippen molar-refractivity contribution < 1.29 is 48.3 Å². The third kappa shape index (κ3) is 12.0. The van der Waals surface area contributed by atoms with E-state index in [1.54, 1.807) is 61.7 Å². The van der Waals surface area contributed by atoms with Gasteiger partial charge in [-0.1, -0.05) is 17.7 Å². The van der Waals surface area contributed by atoms with Crippen molar-refractivity contribution in [3.05, 3.63) is 130 Å². The molecule has 0 spiro atoms. The van der Waals surface area contributed by atoms with Gasteiger partial charge in [-0.15, -0.1) is 11.3 Å². The van der Waals surface area contributed by atoms with Crippen LogP contribution in [0.3, 0.4) is 0 Å². The quantitative estimate of drug-likeness (QED) is 0.111. The number of fused-ring (bicyclic) bond motifs is 2. The number of halogens is 5. The highest BCUT2D eigenvalue weighted by atomic mass is 35.5. The number of alkyl halides is 3. The maximum absolute atomic E-state index is 14.1. The molecule has 3 aromatic heterocycles. The summed E-state index contributed by atoms with van der Waals surface area (Å²) < 4.78 is 113. The Labute approximate surface area is 454 Å². The summed E-state index contributed by atoms with van der Waals surface area (Å²) in [6.07, 6.45) is -1.00. The number of carbonyl (C=O) groups is 2. The van der Waals surface area contributed by atoms with Gasteiger partial charge in [-0.05, 0) is 124 Å². The second-order valence-corrected chi connectivity index (χ2v) is 23.7. The number of thiazole rings is 1. The molecule has 2 saturated heterocycles. The van der Waals surface area contributed by atoms with Crippen LogP contribution in [-0.4, -0.2) is 122 Å². The third-order valence-corrected chi connectivity index (χ3v) is 18.2. The summed E-state index contributed by atoms with van der Waals surface area (Å²) in [6.45, 7) is 10.8. The zero-order chi connectivity index (χ0) is 54.1. The van der Waals surface area contributed by atoms with E-state index in [4.69, 9.17) is 11.6 Å². The number of anilines is 5. The fraction of sp³-hybridized carbons (Fsp3) is 0.340. The van der Waals surface area contributed by atoms with Crippen molar-refractivity contribution in [1.29, 1.82) is 0 Å². The first-order chi connectivity index (χ1) is 36.1. The van der Waals surface area contributed by atoms with Crippen LogP contribution >= 0.6 is 34.5 Å². The van der Waals surface area contributed by atoms with Gasteiger partial charge < -0.3 is 29.1 Å². The summed E-state index contributed by atoms with van der Waals surface area (Å²) >= 11 is 7.72. The lowest BCUT2D eigenvalue weighted by atomic mass is 10.00. The summed E-state index contributed by atoms with van der Waals surface area (Å²) in [7, 11) is -7.87. The summed E-state index contributed by atoms with van der Waals surface area (Å²) in [4.78, 5) is 44.0. The number of sulfonamides is 2. The Morgan fingerprint density at radius 1 is 0.724 bits per heavy atom. The van der Waals surface area contributed by atoms with Crippen molar-refractivity contribution in [3.63, 3.8) is 0 Å². The first-order valence-corrected chi connectivity index (χ1v) is 29.1. The van der Waals surface area contributed by atoms with E-state index in [0.29, 0.717) is 85.4 Å². The molecule has 4 aromatic carbocycles. The number of hydrogen-bond acceptors (Lipinski definition) is 14. The molecule has 6 heterocycles. The van der Waals surface area contributed by atoms with Gasteiger partial charge in [0.05, 0.1) is 15.3 Å². The zero-order valence-corrected chi connectivity index (χ0v) is 45.3. The van der Waals surface area contributed by atoms with Crippen molar-refractivity contribution in [2.24, 2.45) is 0 Å². The minimum atomic E-state index is -4.65. The largest absolute Gasteiger partial charge is 0.434 e. The molecule has 0 saturated carbocycles. The molecule has 7 aromatic rings. The molecule has 26 heteroatoms. The molecule has 0 aliphatic carbocycles. The Hall–Kier alpha value is -6.54. The predicted octanol–water partition coefficient (Wildman–Crippen LogP) is 9.49. The Balaban J connectivity index is 0.000000247. The van der Waals surface area contributed by atoms with Gasteiger partial charge in [0.15, 0.2) is 10.8 Å². The molecule has 0 radical (unpaired) electrons. The number of carbonyl (C=O) groups excluding carboxylic acids is 2. The van der Waals surface area contributed by atoms with E-state index < -0.39 is 38.0 Å². The molecule has 17 nitrogen and oxygen atoms in total. The number of piperazine rings is 2. The number of aromatic nitrogens is 4. The van der Waals surface area contributed by atoms with E-state index in [2.05, 4.69) is 38.5 Å². The lowest BCUT2D eigenvalue weighted by Gasteiger charge is -2.41. The minimum absolute atomic E-state index is 0. The summed E-state index contributed by atoms with van der Waals surface area (Å²) in [5.74, 6) is 0.252. The molecule has 3 aliphatic rings. The number of amides is 2. The summed E-state index contributed by atoms with van der Waals surface area (Å²) in [5, 5.41) is 1.82. The molecule has 2 amide bonds. The maximum atomic E-state index is 14.1. The van der Waals surface area contributed by atoms with Crippen molar-refractivity contribution >= 4 is 105 Å². The highest BCUT2D eigenvalue weighted by Crippen LogP contribution is 2.34. The van der Waals surface area contributed by atoms with Crippen molar-refractivity contribution in [3.8, 4) is 0 Å². The number of aryl methyl sites for hydroxylation is 2. The average Bonchev–Trinajstić information content (AvgIpc) is 4.18. The fourth-order valence-corrected chi connectivity index (χ4v) is 13.4. The summed E-state index contributed by atoms with van der Waals surface area (Å²) in [6, 6.07) is 24.3. The van der Waals surface area contributed by atoms with Gasteiger partial charge in [0.2, 0.25) is 16.9 Å². The van der Waals surface area contributed by atoms with E-state index >= 15 is 0 Å². The molecule has 408 valence electrons. The normalized spacial score (nSPS) is 16.2. The predicted molar refractivity (Wildman–Crippen MR) is 293 cm³/mol. The molecule has 2 N–H and O–H groups in total. The Morgan fingerprint density at radius 3 is 1.83 bits per heavy atom. The lowest BCUT2D eigenvalue weighted by Crippen LogP contribution is -2.55. The van der Waals surface area contributed by atoms with Crippen LogP contribution in [0, 0.1) is 12.7 Å². The Morgan fingerprint density at radius 2 is 1.29 bits per heavy atom. The number of rotatable bonds is 12. The molecule has 0 bridgehead atoms. The number of benzene rings is 4.